The van der Waals surface area contributed by atoms with Gasteiger partial charge in [0.15, 0.2) is 6.10 Å². The summed E-state index contributed by atoms with van der Waals surface area (Å²) >= 11 is 0. The number of aliphatic hydroxyl groups excluding tert-OH is 2. The maximum Gasteiger partial charge on any atom is 0.340 e. The minimum atomic E-state index is -1.53. The number of hydrogen-bond acceptors (Lipinski definition) is 6. The lowest BCUT2D eigenvalue weighted by molar-refractivity contribution is -0.157. The van der Waals surface area contributed by atoms with E-state index in [1.54, 1.807) is 17.6 Å². The zero-order valence-corrected chi connectivity index (χ0v) is 16.7. The van der Waals surface area contributed by atoms with Crippen LogP contribution in [0.25, 0.3) is 22.3 Å². The van der Waals surface area contributed by atoms with Crippen LogP contribution in [0.5, 0.6) is 0 Å². The molecule has 2 unspecified atom stereocenters. The molecule has 0 saturated heterocycles. The Morgan fingerprint density at radius 2 is 2.06 bits per heavy atom. The van der Waals surface area contributed by atoms with Crippen molar-refractivity contribution in [1.29, 1.82) is 0 Å². The maximum absolute atomic E-state index is 14.6. The highest BCUT2D eigenvalue weighted by Gasteiger charge is 2.37. The fraction of sp³-hybridized carbons (Fsp3) is 0.348. The monoisotopic (exact) mass is 422 g/mol. The largest absolute Gasteiger partial charge is 0.458 e. The predicted molar refractivity (Wildman–Crippen MR) is 108 cm³/mol. The van der Waals surface area contributed by atoms with Crippen molar-refractivity contribution in [3.63, 3.8) is 0 Å². The average molecular weight is 422 g/mol. The second kappa shape index (κ2) is 6.21. The van der Waals surface area contributed by atoms with Crippen molar-refractivity contribution >= 4 is 16.9 Å². The zero-order chi connectivity index (χ0) is 21.6. The standard InChI is InChI=1S/C23H19FN2O5/c1-9-11-3-2-10(7-27)18-13-6-26-17(20(13)25-16(19(11)18)5-15(9)24)4-12-14(22(26)29)8-31-23(30)21(12)28/h4-5,10,21,27-28H,2-3,6-8H2,1H3. The van der Waals surface area contributed by atoms with Crippen LogP contribution in [0.15, 0.2) is 16.9 Å². The number of hydrogen-bond donors (Lipinski definition) is 2. The Hall–Kier alpha value is -3.10. The predicted octanol–water partition coefficient (Wildman–Crippen LogP) is 1.99. The second-order valence-electron chi connectivity index (χ2n) is 8.49. The summed E-state index contributed by atoms with van der Waals surface area (Å²) < 4.78 is 21.1. The van der Waals surface area contributed by atoms with Gasteiger partial charge in [0.1, 0.15) is 12.4 Å². The molecule has 8 heteroatoms. The third kappa shape index (κ3) is 2.31. The molecular formula is C23H19FN2O5. The third-order valence-corrected chi connectivity index (χ3v) is 6.99. The normalized spacial score (nSPS) is 21.0. The molecule has 31 heavy (non-hydrogen) atoms. The fourth-order valence-corrected chi connectivity index (χ4v) is 5.38. The number of rotatable bonds is 1. The number of cyclic esters (lactones) is 1. The van der Waals surface area contributed by atoms with E-state index in [4.69, 9.17) is 9.72 Å². The molecule has 0 bridgehead atoms. The zero-order valence-electron chi connectivity index (χ0n) is 16.7. The topological polar surface area (TPSA) is 102 Å². The molecule has 158 valence electrons. The number of pyridine rings is 2. The number of carbonyl (C=O) groups excluding carboxylic acids is 1. The van der Waals surface area contributed by atoms with Gasteiger partial charge in [-0.05, 0) is 42.5 Å². The van der Waals surface area contributed by atoms with Crippen LogP contribution in [0, 0.1) is 12.7 Å². The second-order valence-corrected chi connectivity index (χ2v) is 8.49. The van der Waals surface area contributed by atoms with Crippen molar-refractivity contribution < 1.29 is 24.1 Å². The first kappa shape index (κ1) is 18.7. The van der Waals surface area contributed by atoms with Crippen LogP contribution in [0.3, 0.4) is 0 Å². The minimum absolute atomic E-state index is 0.0514. The first-order valence-electron chi connectivity index (χ1n) is 10.3. The van der Waals surface area contributed by atoms with Crippen molar-refractivity contribution in [3.8, 4) is 11.4 Å². The highest BCUT2D eigenvalue weighted by atomic mass is 19.1. The molecule has 7 nitrogen and oxygen atoms in total. The molecule has 2 N–H and O–H groups in total. The number of nitrogens with zero attached hydrogens (tertiary/aromatic N) is 2. The van der Waals surface area contributed by atoms with E-state index < -0.39 is 12.1 Å². The van der Waals surface area contributed by atoms with E-state index in [-0.39, 0.29) is 48.2 Å². The highest BCUT2D eigenvalue weighted by Crippen LogP contribution is 2.45. The summed E-state index contributed by atoms with van der Waals surface area (Å²) in [5.41, 5.74) is 4.89. The van der Waals surface area contributed by atoms with Crippen molar-refractivity contribution in [2.24, 2.45) is 0 Å². The lowest BCUT2D eigenvalue weighted by Gasteiger charge is -2.28. The van der Waals surface area contributed by atoms with Crippen LogP contribution in [0.4, 0.5) is 4.39 Å². The first-order valence-corrected chi connectivity index (χ1v) is 10.3. The van der Waals surface area contributed by atoms with E-state index in [0.717, 1.165) is 22.1 Å². The Balaban J connectivity index is 1.70. The van der Waals surface area contributed by atoms with Crippen molar-refractivity contribution in [2.75, 3.05) is 6.61 Å². The summed E-state index contributed by atoms with van der Waals surface area (Å²) in [7, 11) is 0. The number of esters is 1. The number of carbonyl (C=O) groups is 1. The Bertz CT molecular complexity index is 1390. The van der Waals surface area contributed by atoms with Gasteiger partial charge < -0.3 is 19.5 Å². The summed E-state index contributed by atoms with van der Waals surface area (Å²) in [6.45, 7) is 1.79. The highest BCUT2D eigenvalue weighted by molar-refractivity contribution is 5.93. The van der Waals surface area contributed by atoms with E-state index >= 15 is 0 Å². The molecule has 0 spiro atoms. The summed E-state index contributed by atoms with van der Waals surface area (Å²) in [6, 6.07) is 3.02. The van der Waals surface area contributed by atoms with Crippen molar-refractivity contribution in [3.05, 3.63) is 61.7 Å². The molecule has 6 rings (SSSR count). The minimum Gasteiger partial charge on any atom is -0.458 e. The number of aryl methyl sites for hydroxylation is 1. The Morgan fingerprint density at radius 1 is 1.26 bits per heavy atom. The van der Waals surface area contributed by atoms with Crippen LogP contribution in [0.1, 0.15) is 51.8 Å². The number of aromatic nitrogens is 2. The van der Waals surface area contributed by atoms with Gasteiger partial charge in [-0.15, -0.1) is 0 Å². The van der Waals surface area contributed by atoms with E-state index in [1.165, 1.54) is 6.07 Å². The van der Waals surface area contributed by atoms with Gasteiger partial charge in [0, 0.05) is 35.1 Å². The van der Waals surface area contributed by atoms with Crippen LogP contribution in [-0.4, -0.2) is 32.3 Å². The van der Waals surface area contributed by atoms with Gasteiger partial charge in [0.2, 0.25) is 0 Å². The molecule has 2 aromatic heterocycles. The smallest absolute Gasteiger partial charge is 0.340 e. The molecule has 0 saturated carbocycles. The van der Waals surface area contributed by atoms with Gasteiger partial charge in [-0.1, -0.05) is 0 Å². The summed E-state index contributed by atoms with van der Waals surface area (Å²) in [5, 5.41) is 21.2. The van der Waals surface area contributed by atoms with Crippen LogP contribution >= 0.6 is 0 Å². The number of benzene rings is 1. The van der Waals surface area contributed by atoms with E-state index in [9.17, 15) is 24.2 Å². The van der Waals surface area contributed by atoms with Crippen molar-refractivity contribution in [1.82, 2.24) is 9.55 Å². The molecule has 2 aliphatic heterocycles. The SMILES string of the molecule is Cc1c(F)cc2nc3c(c4c2c1CCC4CO)Cn1c-3cc2c(c1=O)COC(=O)C2O. The molecule has 4 heterocycles. The van der Waals surface area contributed by atoms with Crippen LogP contribution in [-0.2, 0) is 29.1 Å². The Labute approximate surface area is 175 Å². The molecule has 0 radical (unpaired) electrons. The number of halogens is 1. The molecule has 2 atom stereocenters. The first-order chi connectivity index (χ1) is 14.9. The fourth-order valence-electron chi connectivity index (χ4n) is 5.38. The van der Waals surface area contributed by atoms with Gasteiger partial charge in [0.25, 0.3) is 5.56 Å². The van der Waals surface area contributed by atoms with Crippen LogP contribution in [0.2, 0.25) is 0 Å². The molecular weight excluding hydrogens is 403 g/mol. The summed E-state index contributed by atoms with van der Waals surface area (Å²) in [5.74, 6) is -1.26. The molecule has 0 amide bonds. The van der Waals surface area contributed by atoms with Gasteiger partial charge in [-0.3, -0.25) is 4.79 Å². The van der Waals surface area contributed by atoms with Gasteiger partial charge >= 0.3 is 5.97 Å². The molecule has 0 fully saturated rings. The number of aliphatic hydroxyl groups is 2. The van der Waals surface area contributed by atoms with E-state index in [1.807, 2.05) is 0 Å². The lowest BCUT2D eigenvalue weighted by Crippen LogP contribution is -2.32. The number of fused-ring (bicyclic) bond motifs is 5. The Morgan fingerprint density at radius 3 is 2.84 bits per heavy atom. The lowest BCUT2D eigenvalue weighted by atomic mass is 9.78. The average Bonchev–Trinajstić information content (AvgIpc) is 3.13. The molecule has 3 aliphatic rings. The molecule has 1 aliphatic carbocycles. The number of ether oxygens (including phenoxy) is 1. The van der Waals surface area contributed by atoms with Crippen LogP contribution < -0.4 is 5.56 Å². The van der Waals surface area contributed by atoms with Crippen molar-refractivity contribution in [2.45, 2.75) is 44.9 Å². The van der Waals surface area contributed by atoms with Gasteiger partial charge in [-0.25, -0.2) is 14.2 Å². The van der Waals surface area contributed by atoms with E-state index in [0.29, 0.717) is 35.3 Å². The maximum atomic E-state index is 14.6. The quantitative estimate of drug-likeness (QED) is 0.455. The van der Waals surface area contributed by atoms with Gasteiger partial charge in [-0.2, -0.15) is 0 Å². The molecule has 1 aromatic carbocycles. The van der Waals surface area contributed by atoms with E-state index in [2.05, 4.69) is 0 Å². The van der Waals surface area contributed by atoms with Gasteiger partial charge in [0.05, 0.1) is 29.0 Å². The summed E-state index contributed by atoms with van der Waals surface area (Å²) in [6.07, 6.45) is -0.185. The Kier molecular flexibility index (Phi) is 3.74. The summed E-state index contributed by atoms with van der Waals surface area (Å²) in [4.78, 5) is 29.7. The third-order valence-electron chi connectivity index (χ3n) is 6.99. The molecule has 3 aromatic rings.